The van der Waals surface area contributed by atoms with E-state index in [1.807, 2.05) is 36.4 Å². The Hall–Kier alpha value is -3.12. The van der Waals surface area contributed by atoms with Crippen LogP contribution >= 0.6 is 11.6 Å². The van der Waals surface area contributed by atoms with Crippen molar-refractivity contribution in [2.45, 2.75) is 12.8 Å². The van der Waals surface area contributed by atoms with Gasteiger partial charge in [0.05, 0.1) is 22.8 Å². The minimum absolute atomic E-state index is 0.0667. The number of hydrogen-bond acceptors (Lipinski definition) is 3. The maximum Gasteiger partial charge on any atom is 0.253 e. The summed E-state index contributed by atoms with van der Waals surface area (Å²) < 4.78 is 0. The molecular formula is C22H23ClN4O2. The highest BCUT2D eigenvalue weighted by Crippen LogP contribution is 2.17. The number of nitrogens with zero attached hydrogens (tertiary/aromatic N) is 2. The van der Waals surface area contributed by atoms with E-state index in [-0.39, 0.29) is 18.4 Å². The van der Waals surface area contributed by atoms with Gasteiger partial charge in [-0.1, -0.05) is 54.1 Å². The number of hydrogen-bond donors (Lipinski definition) is 2. The SMILES string of the molecule is CN(CCCc1cc(-c2ccccc2)n[nH]1)C(=O)CNC(=O)c1ccccc1Cl. The van der Waals surface area contributed by atoms with Gasteiger partial charge in [0.2, 0.25) is 5.91 Å². The number of rotatable bonds is 8. The van der Waals surface area contributed by atoms with Gasteiger partial charge in [-0.2, -0.15) is 5.10 Å². The zero-order valence-corrected chi connectivity index (χ0v) is 16.9. The first kappa shape index (κ1) is 20.6. The highest BCUT2D eigenvalue weighted by atomic mass is 35.5. The predicted molar refractivity (Wildman–Crippen MR) is 114 cm³/mol. The van der Waals surface area contributed by atoms with Crippen LogP contribution in [0.3, 0.4) is 0 Å². The van der Waals surface area contributed by atoms with Crippen LogP contribution in [0.1, 0.15) is 22.5 Å². The zero-order chi connectivity index (χ0) is 20.6. The van der Waals surface area contributed by atoms with Gasteiger partial charge in [-0.05, 0) is 31.0 Å². The summed E-state index contributed by atoms with van der Waals surface area (Å²) in [5.74, 6) is -0.511. The molecule has 0 saturated carbocycles. The molecule has 29 heavy (non-hydrogen) atoms. The van der Waals surface area contributed by atoms with E-state index in [0.717, 1.165) is 29.8 Å². The molecule has 150 valence electrons. The fourth-order valence-corrected chi connectivity index (χ4v) is 3.13. The van der Waals surface area contributed by atoms with Crippen molar-refractivity contribution in [1.82, 2.24) is 20.4 Å². The largest absolute Gasteiger partial charge is 0.344 e. The van der Waals surface area contributed by atoms with E-state index < -0.39 is 0 Å². The van der Waals surface area contributed by atoms with E-state index in [1.165, 1.54) is 0 Å². The van der Waals surface area contributed by atoms with Gasteiger partial charge in [0, 0.05) is 24.8 Å². The lowest BCUT2D eigenvalue weighted by Crippen LogP contribution is -2.38. The van der Waals surface area contributed by atoms with Crippen molar-refractivity contribution >= 4 is 23.4 Å². The highest BCUT2D eigenvalue weighted by Gasteiger charge is 2.13. The smallest absolute Gasteiger partial charge is 0.253 e. The molecular weight excluding hydrogens is 388 g/mol. The molecule has 0 bridgehead atoms. The predicted octanol–water partition coefficient (Wildman–Crippen LogP) is 3.55. The average molecular weight is 411 g/mol. The Bertz CT molecular complexity index is 972. The fourth-order valence-electron chi connectivity index (χ4n) is 2.91. The number of aromatic nitrogens is 2. The van der Waals surface area contributed by atoms with Crippen LogP contribution in [0.2, 0.25) is 5.02 Å². The van der Waals surface area contributed by atoms with Gasteiger partial charge in [-0.25, -0.2) is 0 Å². The standard InChI is InChI=1S/C22H23ClN4O2/c1-27(21(28)15-24-22(29)18-11-5-6-12-19(18)23)13-7-10-17-14-20(26-25-17)16-8-3-2-4-9-16/h2-6,8-9,11-12,14H,7,10,13,15H2,1H3,(H,24,29)(H,25,26). The average Bonchev–Trinajstić information content (AvgIpc) is 3.21. The van der Waals surface area contributed by atoms with Gasteiger partial charge in [-0.15, -0.1) is 0 Å². The van der Waals surface area contributed by atoms with E-state index in [2.05, 4.69) is 15.5 Å². The number of benzene rings is 2. The summed E-state index contributed by atoms with van der Waals surface area (Å²) in [6.45, 7) is 0.517. The molecule has 3 rings (SSSR count). The normalized spacial score (nSPS) is 10.6. The maximum absolute atomic E-state index is 12.3. The van der Waals surface area contributed by atoms with E-state index in [9.17, 15) is 9.59 Å². The van der Waals surface area contributed by atoms with E-state index in [1.54, 1.807) is 36.2 Å². The van der Waals surface area contributed by atoms with Crippen LogP contribution in [-0.2, 0) is 11.2 Å². The maximum atomic E-state index is 12.3. The minimum atomic E-state index is -0.358. The summed E-state index contributed by atoms with van der Waals surface area (Å²) in [6, 6.07) is 18.7. The Morgan fingerprint density at radius 2 is 1.83 bits per heavy atom. The van der Waals surface area contributed by atoms with Gasteiger partial charge in [0.1, 0.15) is 0 Å². The molecule has 2 N–H and O–H groups in total. The third-order valence-electron chi connectivity index (χ3n) is 4.58. The van der Waals surface area contributed by atoms with Gasteiger partial charge in [0.15, 0.2) is 0 Å². The summed E-state index contributed by atoms with van der Waals surface area (Å²) in [5, 5.41) is 10.4. The van der Waals surface area contributed by atoms with Crippen LogP contribution in [0.15, 0.2) is 60.7 Å². The molecule has 0 radical (unpaired) electrons. The fraction of sp³-hybridized carbons (Fsp3) is 0.227. The number of likely N-dealkylation sites (N-methyl/N-ethyl adjacent to an activating group) is 1. The van der Waals surface area contributed by atoms with Crippen LogP contribution in [0.5, 0.6) is 0 Å². The van der Waals surface area contributed by atoms with Crippen LogP contribution in [0.25, 0.3) is 11.3 Å². The molecule has 0 saturated heterocycles. The quantitative estimate of drug-likeness (QED) is 0.596. The molecule has 1 heterocycles. The lowest BCUT2D eigenvalue weighted by molar-refractivity contribution is -0.128. The van der Waals surface area contributed by atoms with Crippen molar-refractivity contribution in [3.63, 3.8) is 0 Å². The van der Waals surface area contributed by atoms with Gasteiger partial charge >= 0.3 is 0 Å². The number of carbonyl (C=O) groups is 2. The first-order valence-electron chi connectivity index (χ1n) is 9.41. The zero-order valence-electron chi connectivity index (χ0n) is 16.2. The van der Waals surface area contributed by atoms with Crippen LogP contribution < -0.4 is 5.32 Å². The molecule has 0 fully saturated rings. The van der Waals surface area contributed by atoms with Crippen LogP contribution in [0, 0.1) is 0 Å². The lowest BCUT2D eigenvalue weighted by Gasteiger charge is -2.17. The molecule has 0 unspecified atom stereocenters. The lowest BCUT2D eigenvalue weighted by atomic mass is 10.1. The molecule has 3 aromatic rings. The summed E-state index contributed by atoms with van der Waals surface area (Å²) in [4.78, 5) is 26.0. The van der Waals surface area contributed by atoms with Crippen molar-refractivity contribution in [2.24, 2.45) is 0 Å². The number of carbonyl (C=O) groups excluding carboxylic acids is 2. The summed E-state index contributed by atoms with van der Waals surface area (Å²) in [7, 11) is 1.73. The molecule has 2 aromatic carbocycles. The molecule has 0 atom stereocenters. The van der Waals surface area contributed by atoms with Crippen molar-refractivity contribution in [2.75, 3.05) is 20.1 Å². The third kappa shape index (κ3) is 5.68. The van der Waals surface area contributed by atoms with Crippen LogP contribution in [0.4, 0.5) is 0 Å². The molecule has 0 spiro atoms. The Kier molecular flexibility index (Phi) is 7.03. The van der Waals surface area contributed by atoms with E-state index in [0.29, 0.717) is 17.1 Å². The summed E-state index contributed by atoms with van der Waals surface area (Å²) >= 11 is 6.00. The van der Waals surface area contributed by atoms with Crippen molar-refractivity contribution < 1.29 is 9.59 Å². The topological polar surface area (TPSA) is 78.1 Å². The number of amides is 2. The second kappa shape index (κ2) is 9.89. The molecule has 2 amide bonds. The Balaban J connectivity index is 1.42. The van der Waals surface area contributed by atoms with Crippen molar-refractivity contribution in [3.8, 4) is 11.3 Å². The molecule has 1 aromatic heterocycles. The molecule has 6 nitrogen and oxygen atoms in total. The third-order valence-corrected chi connectivity index (χ3v) is 4.91. The summed E-state index contributed by atoms with van der Waals surface area (Å²) in [6.07, 6.45) is 1.57. The number of aryl methyl sites for hydroxylation is 1. The molecule has 0 aliphatic carbocycles. The number of nitrogens with one attached hydrogen (secondary N) is 2. The Labute approximate surface area is 174 Å². The number of aromatic amines is 1. The molecule has 7 heteroatoms. The second-order valence-electron chi connectivity index (χ2n) is 6.73. The van der Waals surface area contributed by atoms with Gasteiger partial charge in [0.25, 0.3) is 5.91 Å². The Morgan fingerprint density at radius 1 is 1.10 bits per heavy atom. The molecule has 0 aliphatic rings. The first-order valence-corrected chi connectivity index (χ1v) is 9.79. The number of H-pyrrole nitrogens is 1. The van der Waals surface area contributed by atoms with E-state index in [4.69, 9.17) is 11.6 Å². The van der Waals surface area contributed by atoms with Crippen molar-refractivity contribution in [3.05, 3.63) is 76.9 Å². The van der Waals surface area contributed by atoms with Gasteiger partial charge in [-0.3, -0.25) is 14.7 Å². The monoisotopic (exact) mass is 410 g/mol. The van der Waals surface area contributed by atoms with Crippen molar-refractivity contribution in [1.29, 1.82) is 0 Å². The first-order chi connectivity index (χ1) is 14.0. The highest BCUT2D eigenvalue weighted by molar-refractivity contribution is 6.33. The van der Waals surface area contributed by atoms with Gasteiger partial charge < -0.3 is 10.2 Å². The summed E-state index contributed by atoms with van der Waals surface area (Å²) in [5.41, 5.74) is 3.36. The van der Waals surface area contributed by atoms with E-state index >= 15 is 0 Å². The minimum Gasteiger partial charge on any atom is -0.344 e. The Morgan fingerprint density at radius 3 is 2.59 bits per heavy atom. The second-order valence-corrected chi connectivity index (χ2v) is 7.13. The number of halogens is 1. The van der Waals surface area contributed by atoms with Crippen LogP contribution in [-0.4, -0.2) is 47.0 Å². The molecule has 0 aliphatic heterocycles.